The van der Waals surface area contributed by atoms with E-state index in [-0.39, 0.29) is 28.7 Å². The molecular weight excluding hydrogens is 398 g/mol. The highest BCUT2D eigenvalue weighted by molar-refractivity contribution is 6.30. The lowest BCUT2D eigenvalue weighted by Crippen LogP contribution is -2.48. The predicted octanol–water partition coefficient (Wildman–Crippen LogP) is 3.22. The second-order valence-corrected chi connectivity index (χ2v) is 7.11. The van der Waals surface area contributed by atoms with Gasteiger partial charge in [-0.15, -0.1) is 0 Å². The van der Waals surface area contributed by atoms with Gasteiger partial charge in [0.25, 0.3) is 11.6 Å². The van der Waals surface area contributed by atoms with E-state index in [1.54, 1.807) is 4.90 Å². The summed E-state index contributed by atoms with van der Waals surface area (Å²) in [6.07, 6.45) is 0. The maximum atomic E-state index is 13.0. The number of hydrogen-bond donors (Lipinski definition) is 0. The summed E-state index contributed by atoms with van der Waals surface area (Å²) in [6.45, 7) is 3.08. The third-order valence-electron chi connectivity index (χ3n) is 4.91. The van der Waals surface area contributed by atoms with E-state index in [1.165, 1.54) is 26.4 Å². The molecule has 8 nitrogen and oxygen atoms in total. The predicted molar refractivity (Wildman–Crippen MR) is 109 cm³/mol. The van der Waals surface area contributed by atoms with E-state index >= 15 is 0 Å². The fourth-order valence-corrected chi connectivity index (χ4v) is 3.44. The Labute approximate surface area is 173 Å². The summed E-state index contributed by atoms with van der Waals surface area (Å²) in [5, 5.41) is 12.2. The van der Waals surface area contributed by atoms with Crippen molar-refractivity contribution in [3.8, 4) is 11.5 Å². The van der Waals surface area contributed by atoms with E-state index in [1.807, 2.05) is 24.3 Å². The van der Waals surface area contributed by atoms with Crippen LogP contribution in [0.2, 0.25) is 5.02 Å². The van der Waals surface area contributed by atoms with E-state index in [4.69, 9.17) is 21.1 Å². The summed E-state index contributed by atoms with van der Waals surface area (Å²) < 4.78 is 10.3. The lowest BCUT2D eigenvalue weighted by molar-refractivity contribution is -0.385. The van der Waals surface area contributed by atoms with Crippen LogP contribution in [0.4, 0.5) is 5.69 Å². The maximum Gasteiger partial charge on any atom is 0.286 e. The first kappa shape index (κ1) is 20.9. The first-order chi connectivity index (χ1) is 13.9. The van der Waals surface area contributed by atoms with Crippen LogP contribution in [-0.2, 0) is 6.54 Å². The van der Waals surface area contributed by atoms with Crippen LogP contribution in [0.3, 0.4) is 0 Å². The third-order valence-corrected chi connectivity index (χ3v) is 5.16. The Hall–Kier alpha value is -2.84. The van der Waals surface area contributed by atoms with Gasteiger partial charge in [0.1, 0.15) is 5.56 Å². The maximum absolute atomic E-state index is 13.0. The van der Waals surface area contributed by atoms with Crippen LogP contribution in [0.25, 0.3) is 0 Å². The van der Waals surface area contributed by atoms with Crippen molar-refractivity contribution in [3.63, 3.8) is 0 Å². The lowest BCUT2D eigenvalue weighted by atomic mass is 10.1. The molecule has 0 unspecified atom stereocenters. The number of amides is 1. The van der Waals surface area contributed by atoms with Gasteiger partial charge in [-0.1, -0.05) is 23.7 Å². The Bertz CT molecular complexity index is 896. The Balaban J connectivity index is 1.71. The number of ether oxygens (including phenoxy) is 2. The largest absolute Gasteiger partial charge is 0.493 e. The topological polar surface area (TPSA) is 85.2 Å². The number of nitro benzene ring substituents is 1. The fourth-order valence-electron chi connectivity index (χ4n) is 3.32. The second-order valence-electron chi connectivity index (χ2n) is 6.68. The number of hydrogen-bond acceptors (Lipinski definition) is 6. The number of rotatable bonds is 6. The van der Waals surface area contributed by atoms with Gasteiger partial charge < -0.3 is 14.4 Å². The Kier molecular flexibility index (Phi) is 6.56. The zero-order chi connectivity index (χ0) is 21.0. The zero-order valence-corrected chi connectivity index (χ0v) is 17.0. The van der Waals surface area contributed by atoms with Crippen molar-refractivity contribution in [2.24, 2.45) is 0 Å². The van der Waals surface area contributed by atoms with E-state index in [2.05, 4.69) is 4.90 Å². The minimum Gasteiger partial charge on any atom is -0.493 e. The van der Waals surface area contributed by atoms with Crippen molar-refractivity contribution in [2.45, 2.75) is 6.54 Å². The molecule has 0 saturated carbocycles. The van der Waals surface area contributed by atoms with Gasteiger partial charge in [0.05, 0.1) is 25.2 Å². The molecule has 1 aliphatic rings. The van der Waals surface area contributed by atoms with E-state index < -0.39 is 4.92 Å². The molecule has 0 aliphatic carbocycles. The van der Waals surface area contributed by atoms with E-state index in [0.717, 1.165) is 12.1 Å². The molecule has 154 valence electrons. The number of methoxy groups -OCH3 is 2. The number of carbonyl (C=O) groups is 1. The SMILES string of the molecule is COc1cc(C(=O)N2CCN(Cc3ccc(Cl)cc3)CC2)c([N+](=O)[O-])cc1OC. The van der Waals surface area contributed by atoms with E-state index in [0.29, 0.717) is 31.2 Å². The van der Waals surface area contributed by atoms with Gasteiger partial charge in [-0.25, -0.2) is 0 Å². The Morgan fingerprint density at radius 2 is 1.66 bits per heavy atom. The molecule has 0 bridgehead atoms. The van der Waals surface area contributed by atoms with Crippen molar-refractivity contribution < 1.29 is 19.2 Å². The Morgan fingerprint density at radius 1 is 1.07 bits per heavy atom. The molecule has 1 aliphatic heterocycles. The standard InChI is InChI=1S/C20H22ClN3O5/c1-28-18-11-16(17(24(26)27)12-19(18)29-2)20(25)23-9-7-22(8-10-23)13-14-3-5-15(21)6-4-14/h3-6,11-12H,7-10,13H2,1-2H3. The highest BCUT2D eigenvalue weighted by Crippen LogP contribution is 2.35. The smallest absolute Gasteiger partial charge is 0.286 e. The Morgan fingerprint density at radius 3 is 2.21 bits per heavy atom. The molecular formula is C20H22ClN3O5. The van der Waals surface area contributed by atoms with Gasteiger partial charge in [-0.3, -0.25) is 19.8 Å². The number of piperazine rings is 1. The zero-order valence-electron chi connectivity index (χ0n) is 16.3. The molecule has 1 amide bonds. The highest BCUT2D eigenvalue weighted by Gasteiger charge is 2.29. The molecule has 0 atom stereocenters. The van der Waals surface area contributed by atoms with Crippen LogP contribution in [0.15, 0.2) is 36.4 Å². The summed E-state index contributed by atoms with van der Waals surface area (Å²) >= 11 is 5.92. The van der Waals surface area contributed by atoms with Crippen molar-refractivity contribution in [1.29, 1.82) is 0 Å². The van der Waals surface area contributed by atoms with Crippen LogP contribution >= 0.6 is 11.6 Å². The molecule has 1 saturated heterocycles. The van der Waals surface area contributed by atoms with Crippen LogP contribution in [0.5, 0.6) is 11.5 Å². The van der Waals surface area contributed by atoms with E-state index in [9.17, 15) is 14.9 Å². The molecule has 0 spiro atoms. The van der Waals surface area contributed by atoms with Gasteiger partial charge in [0, 0.05) is 43.8 Å². The minimum atomic E-state index is -0.577. The molecule has 1 fully saturated rings. The molecule has 1 heterocycles. The lowest BCUT2D eigenvalue weighted by Gasteiger charge is -2.34. The molecule has 0 radical (unpaired) electrons. The fraction of sp³-hybridized carbons (Fsp3) is 0.350. The number of nitrogens with zero attached hydrogens (tertiary/aromatic N) is 3. The number of carbonyl (C=O) groups excluding carboxylic acids is 1. The first-order valence-corrected chi connectivity index (χ1v) is 9.47. The molecule has 0 N–H and O–H groups in total. The second kappa shape index (κ2) is 9.11. The summed E-state index contributed by atoms with van der Waals surface area (Å²) in [4.78, 5) is 27.8. The van der Waals surface area contributed by atoms with Crippen molar-refractivity contribution in [2.75, 3.05) is 40.4 Å². The van der Waals surface area contributed by atoms with Gasteiger partial charge >= 0.3 is 0 Å². The van der Waals surface area contributed by atoms with Gasteiger partial charge in [0.2, 0.25) is 0 Å². The summed E-state index contributed by atoms with van der Waals surface area (Å²) in [5.74, 6) is 0.107. The summed E-state index contributed by atoms with van der Waals surface area (Å²) in [5.41, 5.74) is 0.847. The third kappa shape index (κ3) is 4.78. The van der Waals surface area contributed by atoms with Crippen LogP contribution in [0, 0.1) is 10.1 Å². The van der Waals surface area contributed by atoms with Gasteiger partial charge in [-0.05, 0) is 17.7 Å². The number of benzene rings is 2. The molecule has 29 heavy (non-hydrogen) atoms. The average Bonchev–Trinajstić information content (AvgIpc) is 2.74. The molecule has 0 aromatic heterocycles. The monoisotopic (exact) mass is 419 g/mol. The quantitative estimate of drug-likeness (QED) is 0.528. The number of halogens is 1. The molecule has 2 aromatic rings. The number of nitro groups is 1. The van der Waals surface area contributed by atoms with Crippen molar-refractivity contribution >= 4 is 23.2 Å². The first-order valence-electron chi connectivity index (χ1n) is 9.09. The normalized spacial score (nSPS) is 14.5. The van der Waals surface area contributed by atoms with Gasteiger partial charge in [0.15, 0.2) is 11.5 Å². The molecule has 2 aromatic carbocycles. The summed E-state index contributed by atoms with van der Waals surface area (Å²) in [7, 11) is 2.82. The van der Waals surface area contributed by atoms with Crippen molar-refractivity contribution in [3.05, 3.63) is 62.7 Å². The summed E-state index contributed by atoms with van der Waals surface area (Å²) in [6, 6.07) is 10.3. The molecule has 3 rings (SSSR count). The van der Waals surface area contributed by atoms with Crippen LogP contribution in [0.1, 0.15) is 15.9 Å². The van der Waals surface area contributed by atoms with Crippen molar-refractivity contribution in [1.82, 2.24) is 9.80 Å². The molecule has 9 heteroatoms. The highest BCUT2D eigenvalue weighted by atomic mass is 35.5. The minimum absolute atomic E-state index is 0.00111. The average molecular weight is 420 g/mol. The van der Waals surface area contributed by atoms with Crippen LogP contribution < -0.4 is 9.47 Å². The van der Waals surface area contributed by atoms with Crippen LogP contribution in [-0.4, -0.2) is 61.0 Å². The van der Waals surface area contributed by atoms with Gasteiger partial charge in [-0.2, -0.15) is 0 Å².